The molecule has 3 rings (SSSR count). The van der Waals surface area contributed by atoms with Crippen molar-refractivity contribution in [2.45, 2.75) is 38.3 Å². The van der Waals surface area contributed by atoms with E-state index in [9.17, 15) is 9.90 Å². The van der Waals surface area contributed by atoms with Crippen LogP contribution in [-0.4, -0.2) is 38.2 Å². The predicted octanol–water partition coefficient (Wildman–Crippen LogP) is 2.63. The number of carboxylic acid groups (broad SMARTS) is 1. The maximum Gasteiger partial charge on any atom is 0.324 e. The maximum atomic E-state index is 11.6. The van der Waals surface area contributed by atoms with Crippen LogP contribution >= 0.6 is 11.3 Å². The van der Waals surface area contributed by atoms with Crippen molar-refractivity contribution in [3.05, 3.63) is 23.3 Å². The number of aromatic nitrogens is 2. The summed E-state index contributed by atoms with van der Waals surface area (Å²) in [5.74, 6) is 0.278. The first-order chi connectivity index (χ1) is 10.2. The van der Waals surface area contributed by atoms with Gasteiger partial charge in [-0.25, -0.2) is 0 Å². The highest BCUT2D eigenvalue weighted by Gasteiger charge is 2.46. The lowest BCUT2D eigenvalue weighted by Gasteiger charge is -2.32. The van der Waals surface area contributed by atoms with Gasteiger partial charge in [-0.2, -0.15) is 4.98 Å². The molecule has 0 saturated carbocycles. The number of rotatable bonds is 5. The zero-order valence-electron chi connectivity index (χ0n) is 11.8. The molecule has 6 nitrogen and oxygen atoms in total. The van der Waals surface area contributed by atoms with E-state index < -0.39 is 11.5 Å². The van der Waals surface area contributed by atoms with Crippen LogP contribution in [0.5, 0.6) is 0 Å². The van der Waals surface area contributed by atoms with E-state index in [1.54, 1.807) is 0 Å². The number of carboxylic acids is 1. The molecular formula is C14H17N3O3S. The summed E-state index contributed by atoms with van der Waals surface area (Å²) in [5.41, 5.74) is -0.788. The van der Waals surface area contributed by atoms with Crippen LogP contribution < -0.4 is 0 Å². The summed E-state index contributed by atoms with van der Waals surface area (Å²) >= 11 is 1.54. The van der Waals surface area contributed by atoms with Crippen molar-refractivity contribution in [2.24, 2.45) is 0 Å². The molecule has 0 aliphatic carbocycles. The molecule has 1 fully saturated rings. The Kier molecular flexibility index (Phi) is 3.77. The first-order valence-electron chi connectivity index (χ1n) is 7.00. The standard InChI is InChI=1S/C14H17N3O3S/c1-2-14(13(18)19)6-4-7-17(14)9-11-15-12(20-16-11)10-5-3-8-21-10/h3,5,8H,2,4,6-7,9H2,1H3,(H,18,19). The van der Waals surface area contributed by atoms with Crippen LogP contribution in [-0.2, 0) is 11.3 Å². The molecule has 7 heteroatoms. The highest BCUT2D eigenvalue weighted by molar-refractivity contribution is 7.13. The third-order valence-corrected chi connectivity index (χ3v) is 5.00. The van der Waals surface area contributed by atoms with Crippen molar-refractivity contribution in [3.63, 3.8) is 0 Å². The summed E-state index contributed by atoms with van der Waals surface area (Å²) in [5, 5.41) is 15.5. The number of hydrogen-bond acceptors (Lipinski definition) is 6. The van der Waals surface area contributed by atoms with Gasteiger partial charge in [0.15, 0.2) is 5.82 Å². The molecule has 0 spiro atoms. The highest BCUT2D eigenvalue weighted by Crippen LogP contribution is 2.34. The number of nitrogens with zero attached hydrogens (tertiary/aromatic N) is 3. The molecule has 1 saturated heterocycles. The average molecular weight is 307 g/mol. The van der Waals surface area contributed by atoms with Crippen molar-refractivity contribution < 1.29 is 14.4 Å². The molecule has 1 aliphatic rings. The van der Waals surface area contributed by atoms with Gasteiger partial charge in [-0.3, -0.25) is 9.69 Å². The van der Waals surface area contributed by atoms with Gasteiger partial charge < -0.3 is 9.63 Å². The van der Waals surface area contributed by atoms with Gasteiger partial charge >= 0.3 is 5.97 Å². The van der Waals surface area contributed by atoms with E-state index in [1.165, 1.54) is 11.3 Å². The van der Waals surface area contributed by atoms with Gasteiger partial charge in [0.1, 0.15) is 5.54 Å². The Morgan fingerprint density at radius 3 is 3.14 bits per heavy atom. The van der Waals surface area contributed by atoms with Gasteiger partial charge in [-0.15, -0.1) is 11.3 Å². The van der Waals surface area contributed by atoms with Gasteiger partial charge in [0.2, 0.25) is 0 Å². The molecule has 21 heavy (non-hydrogen) atoms. The van der Waals surface area contributed by atoms with Crippen molar-refractivity contribution in [3.8, 4) is 10.8 Å². The van der Waals surface area contributed by atoms with Crippen molar-refractivity contribution >= 4 is 17.3 Å². The van der Waals surface area contributed by atoms with Crippen LogP contribution in [0.4, 0.5) is 0 Å². The fraction of sp³-hybridized carbons (Fsp3) is 0.500. The fourth-order valence-electron chi connectivity index (χ4n) is 2.95. The van der Waals surface area contributed by atoms with Crippen LogP contribution in [0.1, 0.15) is 32.0 Å². The van der Waals surface area contributed by atoms with E-state index >= 15 is 0 Å². The smallest absolute Gasteiger partial charge is 0.324 e. The van der Waals surface area contributed by atoms with Crippen molar-refractivity contribution in [1.29, 1.82) is 0 Å². The van der Waals surface area contributed by atoms with Gasteiger partial charge in [0.05, 0.1) is 11.4 Å². The fourth-order valence-corrected chi connectivity index (χ4v) is 3.59. The lowest BCUT2D eigenvalue weighted by Crippen LogP contribution is -2.49. The Labute approximate surface area is 126 Å². The predicted molar refractivity (Wildman–Crippen MR) is 77.9 cm³/mol. The van der Waals surface area contributed by atoms with E-state index in [0.29, 0.717) is 31.1 Å². The molecular weight excluding hydrogens is 290 g/mol. The molecule has 0 amide bonds. The van der Waals surface area contributed by atoms with Crippen molar-refractivity contribution in [1.82, 2.24) is 15.0 Å². The van der Waals surface area contributed by atoms with E-state index in [4.69, 9.17) is 4.52 Å². The molecule has 112 valence electrons. The van der Waals surface area contributed by atoms with E-state index in [0.717, 1.165) is 17.8 Å². The molecule has 0 aromatic carbocycles. The van der Waals surface area contributed by atoms with Gasteiger partial charge in [-0.1, -0.05) is 18.1 Å². The Morgan fingerprint density at radius 2 is 2.48 bits per heavy atom. The van der Waals surface area contributed by atoms with Gasteiger partial charge in [0.25, 0.3) is 5.89 Å². The summed E-state index contributed by atoms with van der Waals surface area (Å²) in [6, 6.07) is 3.85. The largest absolute Gasteiger partial charge is 0.480 e. The summed E-state index contributed by atoms with van der Waals surface area (Å²) in [6.45, 7) is 3.08. The Bertz CT molecular complexity index is 625. The van der Waals surface area contributed by atoms with E-state index in [1.807, 2.05) is 29.3 Å². The lowest BCUT2D eigenvalue weighted by atomic mass is 9.93. The molecule has 0 bridgehead atoms. The number of thiophene rings is 1. The van der Waals surface area contributed by atoms with Crippen LogP contribution in [0.2, 0.25) is 0 Å². The van der Waals surface area contributed by atoms with E-state index in [2.05, 4.69) is 10.1 Å². The topological polar surface area (TPSA) is 79.5 Å². The summed E-state index contributed by atoms with van der Waals surface area (Å²) in [4.78, 5) is 18.9. The number of carbonyl (C=O) groups is 1. The third kappa shape index (κ3) is 2.47. The molecule has 1 aliphatic heterocycles. The maximum absolute atomic E-state index is 11.6. The second kappa shape index (κ2) is 5.57. The quantitative estimate of drug-likeness (QED) is 0.914. The third-order valence-electron chi connectivity index (χ3n) is 4.14. The highest BCUT2D eigenvalue weighted by atomic mass is 32.1. The summed E-state index contributed by atoms with van der Waals surface area (Å²) in [6.07, 6.45) is 2.14. The molecule has 0 radical (unpaired) electrons. The minimum atomic E-state index is -0.788. The SMILES string of the molecule is CCC1(C(=O)O)CCCN1Cc1noc(-c2cccs2)n1. The molecule has 2 aromatic rings. The number of hydrogen-bond donors (Lipinski definition) is 1. The number of likely N-dealkylation sites (tertiary alicyclic amines) is 1. The van der Waals surface area contributed by atoms with Crippen LogP contribution in [0, 0.1) is 0 Å². The van der Waals surface area contributed by atoms with Crippen molar-refractivity contribution in [2.75, 3.05) is 6.54 Å². The molecule has 3 heterocycles. The van der Waals surface area contributed by atoms with Gasteiger partial charge in [-0.05, 0) is 37.3 Å². The first kappa shape index (κ1) is 14.2. The van der Waals surface area contributed by atoms with E-state index in [-0.39, 0.29) is 0 Å². The second-order valence-electron chi connectivity index (χ2n) is 5.21. The Hall–Kier alpha value is -1.73. The molecule has 1 unspecified atom stereocenters. The first-order valence-corrected chi connectivity index (χ1v) is 7.88. The molecule has 1 N–H and O–H groups in total. The second-order valence-corrected chi connectivity index (χ2v) is 6.16. The number of aliphatic carboxylic acids is 1. The zero-order valence-corrected chi connectivity index (χ0v) is 12.6. The van der Waals surface area contributed by atoms with Gasteiger partial charge in [0, 0.05) is 0 Å². The molecule has 2 aromatic heterocycles. The minimum Gasteiger partial charge on any atom is -0.480 e. The van der Waals surface area contributed by atoms with Crippen LogP contribution in [0.3, 0.4) is 0 Å². The van der Waals surface area contributed by atoms with Crippen LogP contribution in [0.15, 0.2) is 22.0 Å². The Balaban J connectivity index is 1.79. The zero-order chi connectivity index (χ0) is 14.9. The Morgan fingerprint density at radius 1 is 1.62 bits per heavy atom. The van der Waals surface area contributed by atoms with Crippen LogP contribution in [0.25, 0.3) is 10.8 Å². The normalized spacial score (nSPS) is 22.7. The molecule has 1 atom stereocenters. The average Bonchev–Trinajstić information content (AvgIpc) is 3.19. The summed E-state index contributed by atoms with van der Waals surface area (Å²) in [7, 11) is 0. The minimum absolute atomic E-state index is 0.412. The lowest BCUT2D eigenvalue weighted by molar-refractivity contribution is -0.150. The monoisotopic (exact) mass is 307 g/mol. The summed E-state index contributed by atoms with van der Waals surface area (Å²) < 4.78 is 5.26.